The summed E-state index contributed by atoms with van der Waals surface area (Å²) in [6.45, 7) is 3.35. The lowest BCUT2D eigenvalue weighted by atomic mass is 10.1. The third kappa shape index (κ3) is 5.22. The fourth-order valence-corrected chi connectivity index (χ4v) is 2.85. The average Bonchev–Trinajstić information content (AvgIpc) is 3.37. The first kappa shape index (κ1) is 17.8. The largest absolute Gasteiger partial charge is 0.496 e. The molecule has 128 valence electrons. The van der Waals surface area contributed by atoms with Gasteiger partial charge in [-0.2, -0.15) is 0 Å². The molecule has 5 heteroatoms. The minimum absolute atomic E-state index is 0.0949. The van der Waals surface area contributed by atoms with Crippen LogP contribution >= 0.6 is 0 Å². The summed E-state index contributed by atoms with van der Waals surface area (Å²) in [5.41, 5.74) is 1.15. The number of ether oxygens (including phenoxy) is 2. The lowest BCUT2D eigenvalue weighted by molar-refractivity contribution is -0.122. The molecule has 0 bridgehead atoms. The number of likely N-dealkylation sites (N-methyl/N-ethyl adjacent to an activating group) is 1. The molecule has 1 aromatic carbocycles. The van der Waals surface area contributed by atoms with Crippen molar-refractivity contribution in [3.63, 3.8) is 0 Å². The Hall–Kier alpha value is -1.59. The Labute approximate surface area is 139 Å². The highest BCUT2D eigenvalue weighted by Gasteiger charge is 2.44. The number of nitrogens with zero attached hydrogens (tertiary/aromatic N) is 1. The molecule has 1 aliphatic rings. The van der Waals surface area contributed by atoms with E-state index in [-0.39, 0.29) is 11.8 Å². The number of carbonyl (C=O) groups is 1. The highest BCUT2D eigenvalue weighted by molar-refractivity contribution is 5.83. The summed E-state index contributed by atoms with van der Waals surface area (Å²) in [7, 11) is 5.46. The normalized spacial score (nSPS) is 19.7. The number of hydrogen-bond acceptors (Lipinski definition) is 4. The first-order chi connectivity index (χ1) is 11.2. The zero-order valence-corrected chi connectivity index (χ0v) is 14.4. The van der Waals surface area contributed by atoms with E-state index in [9.17, 15) is 4.79 Å². The van der Waals surface area contributed by atoms with Crippen LogP contribution in [-0.2, 0) is 9.53 Å². The second-order valence-electron chi connectivity index (χ2n) is 6.13. The van der Waals surface area contributed by atoms with Crippen LogP contribution in [0, 0.1) is 5.92 Å². The van der Waals surface area contributed by atoms with Crippen LogP contribution in [0.1, 0.15) is 24.3 Å². The number of methoxy groups -OCH3 is 2. The van der Waals surface area contributed by atoms with Gasteiger partial charge in [0.25, 0.3) is 0 Å². The second kappa shape index (κ2) is 8.89. The van der Waals surface area contributed by atoms with E-state index in [0.29, 0.717) is 5.92 Å². The van der Waals surface area contributed by atoms with Gasteiger partial charge >= 0.3 is 0 Å². The maximum absolute atomic E-state index is 12.2. The first-order valence-electron chi connectivity index (χ1n) is 8.25. The van der Waals surface area contributed by atoms with E-state index in [4.69, 9.17) is 9.47 Å². The van der Waals surface area contributed by atoms with Gasteiger partial charge in [0.1, 0.15) is 5.75 Å². The topological polar surface area (TPSA) is 50.8 Å². The Morgan fingerprint density at radius 3 is 2.83 bits per heavy atom. The number of benzene rings is 1. The molecule has 1 N–H and O–H groups in total. The van der Waals surface area contributed by atoms with Crippen molar-refractivity contribution in [2.24, 2.45) is 5.92 Å². The molecule has 0 radical (unpaired) electrons. The van der Waals surface area contributed by atoms with Crippen molar-refractivity contribution in [3.05, 3.63) is 29.8 Å². The van der Waals surface area contributed by atoms with Crippen LogP contribution in [-0.4, -0.2) is 58.3 Å². The molecule has 2 rings (SSSR count). The standard InChI is InChI=1S/C18H28N2O3/c1-20(11-12-22-2)10-6-9-19-18(21)16-13-15(16)14-7-4-5-8-17(14)23-3/h4-5,7-8,15-16H,6,9-13H2,1-3H3,(H,19,21)/t15-,16+/m0/s1. The molecule has 1 amide bonds. The molecule has 1 aromatic rings. The van der Waals surface area contributed by atoms with Gasteiger partial charge in [0.2, 0.25) is 5.91 Å². The number of carbonyl (C=O) groups excluding carboxylic acids is 1. The van der Waals surface area contributed by atoms with Crippen LogP contribution in [0.3, 0.4) is 0 Å². The SMILES string of the molecule is COCCN(C)CCCNC(=O)[C@@H]1C[C@H]1c1ccccc1OC. The van der Waals surface area contributed by atoms with Crippen molar-refractivity contribution in [1.29, 1.82) is 0 Å². The van der Waals surface area contributed by atoms with E-state index in [1.807, 2.05) is 18.2 Å². The number of amides is 1. The third-order valence-corrected chi connectivity index (χ3v) is 4.36. The summed E-state index contributed by atoms with van der Waals surface area (Å²) in [5, 5.41) is 3.06. The van der Waals surface area contributed by atoms with E-state index >= 15 is 0 Å². The molecule has 1 fully saturated rings. The fraction of sp³-hybridized carbons (Fsp3) is 0.611. The van der Waals surface area contributed by atoms with Crippen LogP contribution in [0.5, 0.6) is 5.75 Å². The maximum Gasteiger partial charge on any atom is 0.223 e. The molecule has 1 aliphatic carbocycles. The van der Waals surface area contributed by atoms with Crippen molar-refractivity contribution < 1.29 is 14.3 Å². The highest BCUT2D eigenvalue weighted by atomic mass is 16.5. The number of nitrogens with one attached hydrogen (secondary N) is 1. The molecule has 1 saturated carbocycles. The molecule has 23 heavy (non-hydrogen) atoms. The third-order valence-electron chi connectivity index (χ3n) is 4.36. The summed E-state index contributed by atoms with van der Waals surface area (Å²) in [4.78, 5) is 14.4. The lowest BCUT2D eigenvalue weighted by Gasteiger charge is -2.15. The van der Waals surface area contributed by atoms with Gasteiger partial charge in [-0.25, -0.2) is 0 Å². The Morgan fingerprint density at radius 1 is 1.30 bits per heavy atom. The second-order valence-corrected chi connectivity index (χ2v) is 6.13. The van der Waals surface area contributed by atoms with E-state index in [2.05, 4.69) is 23.3 Å². The zero-order chi connectivity index (χ0) is 16.7. The number of hydrogen-bond donors (Lipinski definition) is 1. The van der Waals surface area contributed by atoms with Gasteiger partial charge in [0.05, 0.1) is 13.7 Å². The van der Waals surface area contributed by atoms with Gasteiger partial charge < -0.3 is 19.7 Å². The summed E-state index contributed by atoms with van der Waals surface area (Å²) < 4.78 is 10.4. The van der Waals surface area contributed by atoms with E-state index in [1.54, 1.807) is 14.2 Å². The molecule has 0 aromatic heterocycles. The molecule has 0 unspecified atom stereocenters. The quantitative estimate of drug-likeness (QED) is 0.669. The van der Waals surface area contributed by atoms with Crippen molar-refractivity contribution in [1.82, 2.24) is 10.2 Å². The van der Waals surface area contributed by atoms with Gasteiger partial charge in [0, 0.05) is 26.1 Å². The van der Waals surface area contributed by atoms with Gasteiger partial charge in [-0.05, 0) is 44.0 Å². The van der Waals surface area contributed by atoms with Crippen LogP contribution in [0.15, 0.2) is 24.3 Å². The molecule has 2 atom stereocenters. The van der Waals surface area contributed by atoms with Crippen molar-refractivity contribution in [2.75, 3.05) is 47.5 Å². The van der Waals surface area contributed by atoms with Gasteiger partial charge in [0.15, 0.2) is 0 Å². The van der Waals surface area contributed by atoms with Crippen molar-refractivity contribution in [2.45, 2.75) is 18.8 Å². The fourth-order valence-electron chi connectivity index (χ4n) is 2.85. The van der Waals surface area contributed by atoms with Crippen molar-refractivity contribution >= 4 is 5.91 Å². The van der Waals surface area contributed by atoms with E-state index < -0.39 is 0 Å². The smallest absolute Gasteiger partial charge is 0.223 e. The van der Waals surface area contributed by atoms with Crippen LogP contribution in [0.4, 0.5) is 0 Å². The number of para-hydroxylation sites is 1. The molecular formula is C18H28N2O3. The van der Waals surface area contributed by atoms with Gasteiger partial charge in [-0.15, -0.1) is 0 Å². The molecule has 5 nitrogen and oxygen atoms in total. The predicted octanol–water partition coefficient (Wildman–Crippen LogP) is 1.88. The Kier molecular flexibility index (Phi) is 6.86. The highest BCUT2D eigenvalue weighted by Crippen LogP contribution is 2.50. The lowest BCUT2D eigenvalue weighted by Crippen LogP contribution is -2.30. The summed E-state index contributed by atoms with van der Waals surface area (Å²) >= 11 is 0. The minimum atomic E-state index is 0.0949. The molecule has 0 aliphatic heterocycles. The van der Waals surface area contributed by atoms with Gasteiger partial charge in [-0.1, -0.05) is 18.2 Å². The minimum Gasteiger partial charge on any atom is -0.496 e. The van der Waals surface area contributed by atoms with E-state index in [0.717, 1.165) is 50.4 Å². The maximum atomic E-state index is 12.2. The summed E-state index contributed by atoms with van der Waals surface area (Å²) in [6.07, 6.45) is 1.87. The first-order valence-corrected chi connectivity index (χ1v) is 8.25. The molecule has 0 heterocycles. The Bertz CT molecular complexity index is 507. The molecule has 0 saturated heterocycles. The van der Waals surface area contributed by atoms with Crippen LogP contribution < -0.4 is 10.1 Å². The molecule has 0 spiro atoms. The summed E-state index contributed by atoms with van der Waals surface area (Å²) in [5.74, 6) is 1.45. The summed E-state index contributed by atoms with van der Waals surface area (Å²) in [6, 6.07) is 7.97. The van der Waals surface area contributed by atoms with E-state index in [1.165, 1.54) is 0 Å². The molecular weight excluding hydrogens is 292 g/mol. The zero-order valence-electron chi connectivity index (χ0n) is 14.4. The monoisotopic (exact) mass is 320 g/mol. The van der Waals surface area contributed by atoms with Crippen molar-refractivity contribution in [3.8, 4) is 5.75 Å². The van der Waals surface area contributed by atoms with Crippen LogP contribution in [0.25, 0.3) is 0 Å². The van der Waals surface area contributed by atoms with Gasteiger partial charge in [-0.3, -0.25) is 4.79 Å². The van der Waals surface area contributed by atoms with Crippen LogP contribution in [0.2, 0.25) is 0 Å². The predicted molar refractivity (Wildman–Crippen MR) is 90.8 cm³/mol. The number of rotatable bonds is 10. The Balaban J connectivity index is 1.68. The average molecular weight is 320 g/mol. The Morgan fingerprint density at radius 2 is 2.09 bits per heavy atom.